The van der Waals surface area contributed by atoms with Gasteiger partial charge in [-0.15, -0.1) is 0 Å². The number of esters is 1. The molecule has 1 heterocycles. The molecular formula is C18H18FN3O4. The minimum absolute atomic E-state index is 0.236. The average molecular weight is 359 g/mol. The SMILES string of the molecule is Cc1ccc(C(=O)OCC(=O)N(C)CC(=O)Nc2ccc(F)cc2)cn1. The Labute approximate surface area is 149 Å². The van der Waals surface area contributed by atoms with E-state index in [0.29, 0.717) is 5.69 Å². The largest absolute Gasteiger partial charge is 0.452 e. The van der Waals surface area contributed by atoms with Gasteiger partial charge in [0, 0.05) is 24.6 Å². The van der Waals surface area contributed by atoms with E-state index in [2.05, 4.69) is 10.3 Å². The van der Waals surface area contributed by atoms with Crippen molar-refractivity contribution in [1.82, 2.24) is 9.88 Å². The molecule has 2 rings (SSSR count). The fourth-order valence-electron chi connectivity index (χ4n) is 1.95. The lowest BCUT2D eigenvalue weighted by atomic mass is 10.2. The Hall–Kier alpha value is -3.29. The Bertz CT molecular complexity index is 791. The molecule has 0 saturated carbocycles. The molecule has 0 unspecified atom stereocenters. The Kier molecular flexibility index (Phi) is 6.37. The van der Waals surface area contributed by atoms with Crippen molar-refractivity contribution in [2.75, 3.05) is 25.5 Å². The average Bonchev–Trinajstić information content (AvgIpc) is 2.61. The molecule has 7 nitrogen and oxygen atoms in total. The zero-order valence-corrected chi connectivity index (χ0v) is 14.4. The number of pyridine rings is 1. The van der Waals surface area contributed by atoms with Crippen molar-refractivity contribution in [2.24, 2.45) is 0 Å². The normalized spacial score (nSPS) is 10.1. The fourth-order valence-corrected chi connectivity index (χ4v) is 1.95. The number of carbonyl (C=O) groups excluding carboxylic acids is 3. The third-order valence-electron chi connectivity index (χ3n) is 3.41. The standard InChI is InChI=1S/C18H18FN3O4/c1-12-3-4-13(9-20-12)18(25)26-11-17(24)22(2)10-16(23)21-15-7-5-14(19)6-8-15/h3-9H,10-11H2,1-2H3,(H,21,23). The number of nitrogens with one attached hydrogen (secondary N) is 1. The number of hydrogen-bond acceptors (Lipinski definition) is 5. The summed E-state index contributed by atoms with van der Waals surface area (Å²) in [5.74, 6) is -2.08. The summed E-state index contributed by atoms with van der Waals surface area (Å²) in [4.78, 5) is 40.8. The van der Waals surface area contributed by atoms with Gasteiger partial charge in [-0.25, -0.2) is 9.18 Å². The summed E-state index contributed by atoms with van der Waals surface area (Å²) < 4.78 is 17.7. The van der Waals surface area contributed by atoms with Gasteiger partial charge in [0.2, 0.25) is 5.91 Å². The number of carbonyl (C=O) groups is 3. The van der Waals surface area contributed by atoms with Crippen molar-refractivity contribution >= 4 is 23.5 Å². The molecule has 0 aliphatic heterocycles. The van der Waals surface area contributed by atoms with E-state index in [-0.39, 0.29) is 12.1 Å². The molecule has 8 heteroatoms. The molecule has 2 aromatic rings. The Morgan fingerprint density at radius 1 is 1.15 bits per heavy atom. The monoisotopic (exact) mass is 359 g/mol. The molecule has 136 valence electrons. The first-order valence-electron chi connectivity index (χ1n) is 7.74. The highest BCUT2D eigenvalue weighted by molar-refractivity contribution is 5.95. The predicted molar refractivity (Wildman–Crippen MR) is 91.9 cm³/mol. The smallest absolute Gasteiger partial charge is 0.340 e. The first-order chi connectivity index (χ1) is 12.3. The molecule has 0 aliphatic carbocycles. The van der Waals surface area contributed by atoms with Crippen LogP contribution in [0.15, 0.2) is 42.6 Å². The van der Waals surface area contributed by atoms with Crippen LogP contribution in [0.5, 0.6) is 0 Å². The molecule has 2 amide bonds. The first kappa shape index (κ1) is 19.0. The molecule has 0 aliphatic rings. The van der Waals surface area contributed by atoms with Crippen molar-refractivity contribution < 1.29 is 23.5 Å². The number of hydrogen-bond donors (Lipinski definition) is 1. The van der Waals surface area contributed by atoms with E-state index in [4.69, 9.17) is 4.74 Å². The highest BCUT2D eigenvalue weighted by Gasteiger charge is 2.16. The van der Waals surface area contributed by atoms with Crippen molar-refractivity contribution in [1.29, 1.82) is 0 Å². The molecule has 0 fully saturated rings. The van der Waals surface area contributed by atoms with E-state index in [1.54, 1.807) is 19.1 Å². The Morgan fingerprint density at radius 2 is 1.85 bits per heavy atom. The summed E-state index contributed by atoms with van der Waals surface area (Å²) in [5.41, 5.74) is 1.40. The van der Waals surface area contributed by atoms with Gasteiger partial charge in [0.1, 0.15) is 5.82 Å². The number of rotatable bonds is 6. The molecule has 26 heavy (non-hydrogen) atoms. The second kappa shape index (κ2) is 8.70. The molecule has 0 saturated heterocycles. The minimum Gasteiger partial charge on any atom is -0.452 e. The summed E-state index contributed by atoms with van der Waals surface area (Å²) in [7, 11) is 1.41. The van der Waals surface area contributed by atoms with Crippen LogP contribution < -0.4 is 5.32 Å². The summed E-state index contributed by atoms with van der Waals surface area (Å²) in [6.07, 6.45) is 1.36. The number of likely N-dealkylation sites (N-methyl/N-ethyl adjacent to an activating group) is 1. The van der Waals surface area contributed by atoms with Crippen molar-refractivity contribution in [3.8, 4) is 0 Å². The van der Waals surface area contributed by atoms with E-state index >= 15 is 0 Å². The topological polar surface area (TPSA) is 88.6 Å². The number of aromatic nitrogens is 1. The number of anilines is 1. The van der Waals surface area contributed by atoms with Crippen LogP contribution in [-0.2, 0) is 14.3 Å². The Balaban J connectivity index is 1.79. The Morgan fingerprint density at radius 3 is 2.46 bits per heavy atom. The van der Waals surface area contributed by atoms with E-state index in [1.165, 1.54) is 37.5 Å². The van der Waals surface area contributed by atoms with E-state index < -0.39 is 30.2 Å². The van der Waals surface area contributed by atoms with Crippen LogP contribution in [0.2, 0.25) is 0 Å². The van der Waals surface area contributed by atoms with Gasteiger partial charge in [-0.2, -0.15) is 0 Å². The zero-order chi connectivity index (χ0) is 19.1. The van der Waals surface area contributed by atoms with Crippen molar-refractivity contribution in [2.45, 2.75) is 6.92 Å². The van der Waals surface area contributed by atoms with Gasteiger partial charge in [-0.1, -0.05) is 0 Å². The molecule has 1 N–H and O–H groups in total. The van der Waals surface area contributed by atoms with Crippen LogP contribution in [0.25, 0.3) is 0 Å². The van der Waals surface area contributed by atoms with E-state index in [0.717, 1.165) is 10.6 Å². The number of ether oxygens (including phenoxy) is 1. The molecule has 0 atom stereocenters. The lowest BCUT2D eigenvalue weighted by molar-refractivity contribution is -0.136. The number of nitrogens with zero attached hydrogens (tertiary/aromatic N) is 2. The quantitative estimate of drug-likeness (QED) is 0.795. The van der Waals surface area contributed by atoms with Crippen LogP contribution in [0.3, 0.4) is 0 Å². The first-order valence-corrected chi connectivity index (χ1v) is 7.74. The summed E-state index contributed by atoms with van der Waals surface area (Å²) >= 11 is 0. The van der Waals surface area contributed by atoms with Crippen molar-refractivity contribution in [3.63, 3.8) is 0 Å². The molecule has 0 spiro atoms. The van der Waals surface area contributed by atoms with E-state index in [1.807, 2.05) is 0 Å². The van der Waals surface area contributed by atoms with Gasteiger partial charge >= 0.3 is 5.97 Å². The fraction of sp³-hybridized carbons (Fsp3) is 0.222. The van der Waals surface area contributed by atoms with Crippen LogP contribution >= 0.6 is 0 Å². The van der Waals surface area contributed by atoms with Crippen LogP contribution in [-0.4, -0.2) is 47.9 Å². The van der Waals surface area contributed by atoms with Gasteiger partial charge in [0.15, 0.2) is 6.61 Å². The zero-order valence-electron chi connectivity index (χ0n) is 14.4. The molecule has 0 radical (unpaired) electrons. The highest BCUT2D eigenvalue weighted by atomic mass is 19.1. The van der Waals surface area contributed by atoms with Gasteiger partial charge in [-0.3, -0.25) is 14.6 Å². The molecular weight excluding hydrogens is 341 g/mol. The lowest BCUT2D eigenvalue weighted by Gasteiger charge is -2.16. The maximum Gasteiger partial charge on any atom is 0.340 e. The van der Waals surface area contributed by atoms with Gasteiger partial charge in [-0.05, 0) is 43.3 Å². The lowest BCUT2D eigenvalue weighted by Crippen LogP contribution is -2.37. The molecule has 1 aromatic heterocycles. The summed E-state index contributed by atoms with van der Waals surface area (Å²) in [6, 6.07) is 8.45. The van der Waals surface area contributed by atoms with Crippen LogP contribution in [0.1, 0.15) is 16.1 Å². The second-order valence-corrected chi connectivity index (χ2v) is 5.57. The van der Waals surface area contributed by atoms with Crippen LogP contribution in [0.4, 0.5) is 10.1 Å². The maximum absolute atomic E-state index is 12.8. The number of aryl methyl sites for hydroxylation is 1. The second-order valence-electron chi connectivity index (χ2n) is 5.57. The minimum atomic E-state index is -0.671. The highest BCUT2D eigenvalue weighted by Crippen LogP contribution is 2.08. The van der Waals surface area contributed by atoms with Gasteiger partial charge in [0.25, 0.3) is 5.91 Å². The number of benzene rings is 1. The molecule has 1 aromatic carbocycles. The van der Waals surface area contributed by atoms with Gasteiger partial charge < -0.3 is 15.0 Å². The maximum atomic E-state index is 12.8. The van der Waals surface area contributed by atoms with Gasteiger partial charge in [0.05, 0.1) is 12.1 Å². The molecule has 0 bridgehead atoms. The predicted octanol–water partition coefficient (Wildman–Crippen LogP) is 1.78. The van der Waals surface area contributed by atoms with E-state index in [9.17, 15) is 18.8 Å². The van der Waals surface area contributed by atoms with Crippen molar-refractivity contribution in [3.05, 3.63) is 59.7 Å². The summed E-state index contributed by atoms with van der Waals surface area (Å²) in [5, 5.41) is 2.54. The van der Waals surface area contributed by atoms with Crippen LogP contribution in [0, 0.1) is 12.7 Å². The summed E-state index contributed by atoms with van der Waals surface area (Å²) in [6.45, 7) is 1.05. The number of halogens is 1. The third-order valence-corrected chi connectivity index (χ3v) is 3.41. The number of amides is 2. The third kappa shape index (κ3) is 5.66.